The number of ether oxygens (including phenoxy) is 1. The van der Waals surface area contributed by atoms with Crippen LogP contribution in [0, 0.1) is 0 Å². The number of carbonyl (C=O) groups is 1. The molecule has 0 radical (unpaired) electrons. The van der Waals surface area contributed by atoms with Crippen molar-refractivity contribution in [2.24, 2.45) is 5.73 Å². The van der Waals surface area contributed by atoms with Crippen molar-refractivity contribution in [3.8, 4) is 5.75 Å². The van der Waals surface area contributed by atoms with Crippen LogP contribution >= 0.6 is 0 Å². The van der Waals surface area contributed by atoms with Gasteiger partial charge in [0.05, 0.1) is 0 Å². The average Bonchev–Trinajstić information content (AvgIpc) is 2.29. The van der Waals surface area contributed by atoms with Gasteiger partial charge in [-0.3, -0.25) is 0 Å². The van der Waals surface area contributed by atoms with Gasteiger partial charge in [0.1, 0.15) is 5.75 Å². The van der Waals surface area contributed by atoms with E-state index in [0.29, 0.717) is 18.7 Å². The minimum atomic E-state index is -4.73. The monoisotopic (exact) mass is 291 g/mol. The minimum Gasteiger partial charge on any atom is -0.406 e. The van der Waals surface area contributed by atoms with Crippen LogP contribution in [0.15, 0.2) is 24.3 Å². The lowest BCUT2D eigenvalue weighted by atomic mass is 10.2. The lowest BCUT2D eigenvalue weighted by Gasteiger charge is -2.11. The first-order chi connectivity index (χ1) is 9.26. The van der Waals surface area contributed by atoms with Gasteiger partial charge in [-0.25, -0.2) is 4.79 Å². The van der Waals surface area contributed by atoms with Crippen LogP contribution in [0.1, 0.15) is 13.3 Å². The Morgan fingerprint density at radius 1 is 1.35 bits per heavy atom. The summed E-state index contributed by atoms with van der Waals surface area (Å²) in [4.78, 5) is 11.4. The second-order valence-corrected chi connectivity index (χ2v) is 4.22. The first-order valence-corrected chi connectivity index (χ1v) is 5.92. The van der Waals surface area contributed by atoms with Gasteiger partial charge < -0.3 is 21.1 Å². The largest absolute Gasteiger partial charge is 0.573 e. The fraction of sp³-hybridized carbons (Fsp3) is 0.417. The van der Waals surface area contributed by atoms with Crippen molar-refractivity contribution in [2.75, 3.05) is 11.9 Å². The van der Waals surface area contributed by atoms with Crippen LogP contribution in [0.5, 0.6) is 5.75 Å². The quantitative estimate of drug-likeness (QED) is 0.780. The van der Waals surface area contributed by atoms with Crippen LogP contribution in [0.2, 0.25) is 0 Å². The zero-order valence-corrected chi connectivity index (χ0v) is 10.8. The van der Waals surface area contributed by atoms with Crippen molar-refractivity contribution < 1.29 is 22.7 Å². The molecule has 1 aromatic carbocycles. The van der Waals surface area contributed by atoms with Crippen LogP contribution < -0.4 is 21.1 Å². The molecule has 0 aliphatic heterocycles. The Morgan fingerprint density at radius 2 is 1.95 bits per heavy atom. The third kappa shape index (κ3) is 6.83. The van der Waals surface area contributed by atoms with Crippen LogP contribution in [-0.4, -0.2) is 25.0 Å². The summed E-state index contributed by atoms with van der Waals surface area (Å²) < 4.78 is 39.5. The third-order valence-corrected chi connectivity index (χ3v) is 2.23. The average molecular weight is 291 g/mol. The maximum Gasteiger partial charge on any atom is 0.573 e. The van der Waals surface area contributed by atoms with Crippen LogP contribution in [0.3, 0.4) is 0 Å². The number of amides is 2. The Hall–Kier alpha value is -1.96. The molecule has 0 saturated heterocycles. The molecule has 112 valence electrons. The van der Waals surface area contributed by atoms with E-state index in [1.807, 2.05) is 6.92 Å². The van der Waals surface area contributed by atoms with Crippen molar-refractivity contribution in [1.29, 1.82) is 0 Å². The zero-order valence-electron chi connectivity index (χ0n) is 10.8. The smallest absolute Gasteiger partial charge is 0.406 e. The SMILES string of the molecule is CC(N)CCNC(=O)Nc1ccc(OC(F)(F)F)cc1. The highest BCUT2D eigenvalue weighted by atomic mass is 19.4. The maximum atomic E-state index is 11.9. The van der Waals surface area contributed by atoms with Crippen LogP contribution in [0.4, 0.5) is 23.7 Å². The number of hydrogen-bond acceptors (Lipinski definition) is 3. The Morgan fingerprint density at radius 3 is 2.45 bits per heavy atom. The Kier molecular flexibility index (Phi) is 5.63. The number of urea groups is 1. The van der Waals surface area contributed by atoms with Gasteiger partial charge in [-0.05, 0) is 37.6 Å². The molecule has 1 rings (SSSR count). The molecular formula is C12H16F3N3O2. The van der Waals surface area contributed by atoms with Gasteiger partial charge in [0, 0.05) is 18.3 Å². The molecule has 1 atom stereocenters. The first kappa shape index (κ1) is 16.1. The summed E-state index contributed by atoms with van der Waals surface area (Å²) >= 11 is 0. The van der Waals surface area contributed by atoms with Crippen molar-refractivity contribution in [3.63, 3.8) is 0 Å². The highest BCUT2D eigenvalue weighted by molar-refractivity contribution is 5.89. The van der Waals surface area contributed by atoms with Gasteiger partial charge in [0.15, 0.2) is 0 Å². The van der Waals surface area contributed by atoms with E-state index in [2.05, 4.69) is 15.4 Å². The molecule has 0 aliphatic carbocycles. The Balaban J connectivity index is 2.43. The molecule has 0 aliphatic rings. The molecule has 20 heavy (non-hydrogen) atoms. The van der Waals surface area contributed by atoms with Crippen molar-refractivity contribution in [1.82, 2.24) is 5.32 Å². The lowest BCUT2D eigenvalue weighted by molar-refractivity contribution is -0.274. The molecule has 1 aromatic rings. The number of anilines is 1. The second kappa shape index (κ2) is 6.99. The van der Waals surface area contributed by atoms with Gasteiger partial charge in [0.25, 0.3) is 0 Å². The first-order valence-electron chi connectivity index (χ1n) is 5.92. The van der Waals surface area contributed by atoms with Crippen molar-refractivity contribution in [3.05, 3.63) is 24.3 Å². The highest BCUT2D eigenvalue weighted by Gasteiger charge is 2.30. The van der Waals surface area contributed by atoms with E-state index in [9.17, 15) is 18.0 Å². The maximum absolute atomic E-state index is 11.9. The summed E-state index contributed by atoms with van der Waals surface area (Å²) in [5.41, 5.74) is 5.88. The number of rotatable bonds is 5. The molecule has 4 N–H and O–H groups in total. The molecule has 2 amide bonds. The van der Waals surface area contributed by atoms with E-state index in [4.69, 9.17) is 5.73 Å². The van der Waals surface area contributed by atoms with E-state index >= 15 is 0 Å². The van der Waals surface area contributed by atoms with E-state index in [-0.39, 0.29) is 11.8 Å². The molecule has 8 heteroatoms. The van der Waals surface area contributed by atoms with E-state index < -0.39 is 12.4 Å². The van der Waals surface area contributed by atoms with Gasteiger partial charge in [0.2, 0.25) is 0 Å². The molecule has 0 spiro atoms. The predicted octanol–water partition coefficient (Wildman–Crippen LogP) is 2.44. The Bertz CT molecular complexity index is 433. The molecule has 5 nitrogen and oxygen atoms in total. The van der Waals surface area contributed by atoms with E-state index in [0.717, 1.165) is 12.1 Å². The number of halogens is 3. The Labute approximate surface area is 114 Å². The number of nitrogens with two attached hydrogens (primary N) is 1. The van der Waals surface area contributed by atoms with Crippen molar-refractivity contribution >= 4 is 11.7 Å². The van der Waals surface area contributed by atoms with Gasteiger partial charge in [-0.2, -0.15) is 0 Å². The van der Waals surface area contributed by atoms with E-state index in [1.54, 1.807) is 0 Å². The third-order valence-electron chi connectivity index (χ3n) is 2.23. The minimum absolute atomic E-state index is 0.0194. The highest BCUT2D eigenvalue weighted by Crippen LogP contribution is 2.23. The molecule has 0 aromatic heterocycles. The summed E-state index contributed by atoms with van der Waals surface area (Å²) in [6.45, 7) is 2.23. The normalized spacial score (nSPS) is 12.7. The summed E-state index contributed by atoms with van der Waals surface area (Å²) in [7, 11) is 0. The zero-order chi connectivity index (χ0) is 15.2. The predicted molar refractivity (Wildman–Crippen MR) is 68.4 cm³/mol. The molecule has 0 heterocycles. The van der Waals surface area contributed by atoms with Gasteiger partial charge in [-0.15, -0.1) is 13.2 Å². The summed E-state index contributed by atoms with van der Waals surface area (Å²) in [5.74, 6) is -0.347. The van der Waals surface area contributed by atoms with E-state index in [1.165, 1.54) is 12.1 Å². The molecular weight excluding hydrogens is 275 g/mol. The molecule has 0 saturated carbocycles. The summed E-state index contributed by atoms with van der Waals surface area (Å²) in [6, 6.07) is 4.39. The number of benzene rings is 1. The van der Waals surface area contributed by atoms with Gasteiger partial charge >= 0.3 is 12.4 Å². The molecule has 1 unspecified atom stereocenters. The number of alkyl halides is 3. The van der Waals surface area contributed by atoms with Crippen molar-refractivity contribution in [2.45, 2.75) is 25.7 Å². The number of hydrogen-bond donors (Lipinski definition) is 3. The molecule has 0 bridgehead atoms. The summed E-state index contributed by atoms with van der Waals surface area (Å²) in [6.07, 6.45) is -4.10. The number of nitrogens with one attached hydrogen (secondary N) is 2. The standard InChI is InChI=1S/C12H16F3N3O2/c1-8(16)6-7-17-11(19)18-9-2-4-10(5-3-9)20-12(13,14)15/h2-5,8H,6-7,16H2,1H3,(H2,17,18,19). The topological polar surface area (TPSA) is 76.4 Å². The molecule has 0 fully saturated rings. The number of carbonyl (C=O) groups excluding carboxylic acids is 1. The second-order valence-electron chi connectivity index (χ2n) is 4.22. The fourth-order valence-electron chi connectivity index (χ4n) is 1.33. The van der Waals surface area contributed by atoms with Gasteiger partial charge in [-0.1, -0.05) is 0 Å². The van der Waals surface area contributed by atoms with Crippen LogP contribution in [0.25, 0.3) is 0 Å². The van der Waals surface area contributed by atoms with Crippen LogP contribution in [-0.2, 0) is 0 Å². The fourth-order valence-corrected chi connectivity index (χ4v) is 1.33. The summed E-state index contributed by atoms with van der Waals surface area (Å²) in [5, 5.41) is 5.05. The lowest BCUT2D eigenvalue weighted by Crippen LogP contribution is -2.32.